The minimum absolute atomic E-state index is 0.157. The smallest absolute Gasteiger partial charge is 0.119 e. The maximum atomic E-state index is 12.6. The van der Waals surface area contributed by atoms with Gasteiger partial charge in [0, 0.05) is 30.9 Å². The van der Waals surface area contributed by atoms with Gasteiger partial charge in [-0.05, 0) is 109 Å². The van der Waals surface area contributed by atoms with E-state index < -0.39 is 0 Å². The number of allylic oxidation sites excluding steroid dienone is 2. The van der Waals surface area contributed by atoms with E-state index in [1.54, 1.807) is 0 Å². The van der Waals surface area contributed by atoms with Gasteiger partial charge in [0.1, 0.15) is 11.9 Å². The van der Waals surface area contributed by atoms with E-state index in [-0.39, 0.29) is 12.8 Å². The lowest BCUT2D eigenvalue weighted by Gasteiger charge is -2.20. The van der Waals surface area contributed by atoms with Crippen LogP contribution in [0.3, 0.4) is 0 Å². The van der Waals surface area contributed by atoms with E-state index in [1.165, 1.54) is 44.5 Å². The molecule has 1 saturated heterocycles. The molecule has 3 aromatic carbocycles. The molecule has 212 valence electrons. The third kappa shape index (κ3) is 6.01. The Hall–Kier alpha value is -3.70. The van der Waals surface area contributed by atoms with E-state index >= 15 is 0 Å². The fourth-order valence-electron chi connectivity index (χ4n) is 6.59. The number of nitrogens with zero attached hydrogens (tertiary/aromatic N) is 2. The third-order valence-corrected chi connectivity index (χ3v) is 8.59. The Labute approximate surface area is 243 Å². The van der Waals surface area contributed by atoms with Gasteiger partial charge in [0.2, 0.25) is 0 Å². The van der Waals surface area contributed by atoms with Crippen LogP contribution in [0.25, 0.3) is 11.1 Å². The Morgan fingerprint density at radius 3 is 2.54 bits per heavy atom. The summed E-state index contributed by atoms with van der Waals surface area (Å²) in [6.45, 7) is 7.36. The van der Waals surface area contributed by atoms with Crippen molar-refractivity contribution in [3.05, 3.63) is 111 Å². The van der Waals surface area contributed by atoms with Crippen molar-refractivity contribution in [2.24, 2.45) is 10.7 Å². The third-order valence-electron chi connectivity index (χ3n) is 8.59. The minimum Gasteiger partial charge on any atom is -0.489 e. The molecule has 41 heavy (non-hydrogen) atoms. The molecule has 1 aliphatic carbocycles. The predicted octanol–water partition coefficient (Wildman–Crippen LogP) is 7.06. The molecule has 0 spiro atoms. The van der Waals surface area contributed by atoms with Crippen LogP contribution >= 0.6 is 0 Å². The lowest BCUT2D eigenvalue weighted by atomic mass is 9.85. The molecule has 0 radical (unpaired) electrons. The van der Waals surface area contributed by atoms with Gasteiger partial charge in [-0.15, -0.1) is 0 Å². The topological polar surface area (TPSA) is 50.8 Å². The summed E-state index contributed by atoms with van der Waals surface area (Å²) in [6.07, 6.45) is 6.87. The van der Waals surface area contributed by atoms with Gasteiger partial charge in [0.05, 0.1) is 18.9 Å². The van der Waals surface area contributed by atoms with Crippen LogP contribution in [0.1, 0.15) is 64.6 Å². The monoisotopic (exact) mass is 549 g/mol. The van der Waals surface area contributed by atoms with Crippen molar-refractivity contribution in [2.45, 2.75) is 52.1 Å². The molecule has 1 fully saturated rings. The molecule has 3 aromatic rings. The first-order valence-corrected chi connectivity index (χ1v) is 15.0. The zero-order chi connectivity index (χ0) is 28.3. The summed E-state index contributed by atoms with van der Waals surface area (Å²) < 4.78 is 19.0. The summed E-state index contributed by atoms with van der Waals surface area (Å²) in [5, 5.41) is 0. The van der Waals surface area contributed by atoms with Crippen molar-refractivity contribution in [1.29, 1.82) is 0 Å². The Balaban J connectivity index is 1.36. The van der Waals surface area contributed by atoms with Crippen molar-refractivity contribution in [1.82, 2.24) is 4.90 Å². The molecule has 4 nitrogen and oxygen atoms in total. The van der Waals surface area contributed by atoms with E-state index in [2.05, 4.69) is 84.4 Å². The van der Waals surface area contributed by atoms with Gasteiger partial charge < -0.3 is 10.5 Å². The zero-order valence-electron chi connectivity index (χ0n) is 24.3. The molecule has 6 rings (SSSR count). The number of hydrogen-bond donors (Lipinski definition) is 1. The second kappa shape index (κ2) is 12.0. The molecular formula is C36H40FN3O. The molecule has 5 heteroatoms. The molecule has 1 atom stereocenters. The van der Waals surface area contributed by atoms with Gasteiger partial charge in [-0.3, -0.25) is 14.3 Å². The molecule has 0 aromatic heterocycles. The number of ether oxygens (including phenoxy) is 1. The highest BCUT2D eigenvalue weighted by atomic mass is 19.1. The predicted molar refractivity (Wildman–Crippen MR) is 167 cm³/mol. The van der Waals surface area contributed by atoms with E-state index in [1.807, 2.05) is 6.08 Å². The fraction of sp³-hybridized carbons (Fsp3) is 0.361. The van der Waals surface area contributed by atoms with E-state index in [0.29, 0.717) is 13.0 Å². The van der Waals surface area contributed by atoms with E-state index in [0.717, 1.165) is 68.0 Å². The number of likely N-dealkylation sites (tertiary alicyclic amines) is 1. The first kappa shape index (κ1) is 27.5. The van der Waals surface area contributed by atoms with Gasteiger partial charge in [-0.2, -0.15) is 0 Å². The van der Waals surface area contributed by atoms with Gasteiger partial charge in [0.15, 0.2) is 0 Å². The molecule has 2 heterocycles. The summed E-state index contributed by atoms with van der Waals surface area (Å²) in [5.74, 6) is 0.896. The Morgan fingerprint density at radius 2 is 1.78 bits per heavy atom. The summed E-state index contributed by atoms with van der Waals surface area (Å²) >= 11 is 0. The highest BCUT2D eigenvalue weighted by Crippen LogP contribution is 2.41. The number of aryl methyl sites for hydroxylation is 3. The Kier molecular flexibility index (Phi) is 8.06. The summed E-state index contributed by atoms with van der Waals surface area (Å²) in [7, 11) is 0. The van der Waals surface area contributed by atoms with Crippen molar-refractivity contribution < 1.29 is 9.13 Å². The van der Waals surface area contributed by atoms with Gasteiger partial charge in [-0.25, -0.2) is 0 Å². The first-order valence-electron chi connectivity index (χ1n) is 15.0. The van der Waals surface area contributed by atoms with Crippen molar-refractivity contribution >= 4 is 16.9 Å². The number of fused-ring (bicyclic) bond motifs is 1. The number of halogens is 1. The van der Waals surface area contributed by atoms with Crippen molar-refractivity contribution in [3.63, 3.8) is 0 Å². The molecule has 0 saturated carbocycles. The maximum Gasteiger partial charge on any atom is 0.119 e. The molecule has 1 unspecified atom stereocenters. The van der Waals surface area contributed by atoms with Crippen molar-refractivity contribution in [2.75, 3.05) is 32.9 Å². The average molecular weight is 550 g/mol. The normalized spacial score (nSPS) is 19.1. The molecule has 3 aliphatic rings. The van der Waals surface area contributed by atoms with Gasteiger partial charge >= 0.3 is 0 Å². The van der Waals surface area contributed by atoms with Crippen LogP contribution in [-0.2, 0) is 6.42 Å². The molecule has 2 N–H and O–H groups in total. The molecule has 0 bridgehead atoms. The second-order valence-corrected chi connectivity index (χ2v) is 11.7. The van der Waals surface area contributed by atoms with Crippen LogP contribution in [0.4, 0.5) is 4.39 Å². The highest BCUT2D eigenvalue weighted by Gasteiger charge is 2.25. The van der Waals surface area contributed by atoms with Crippen LogP contribution in [0.2, 0.25) is 0 Å². The summed E-state index contributed by atoms with van der Waals surface area (Å²) in [6, 6.07) is 22.3. The number of alkyl halides is 1. The largest absolute Gasteiger partial charge is 0.489 e. The standard InChI is InChI=1S/C36H40FN3O/c1-24-7-13-32(25(2)19-24)34-6-3-5-27-20-28(35-21-29(38)22-39-35)10-14-33(27)36(34)26-8-11-30(12-9-26)41-31-15-18-40(23-31)17-4-16-37/h7-14,19-21,31H,3-6,15-18,22-23,38H2,1-2H3. The van der Waals surface area contributed by atoms with Crippen LogP contribution in [-0.4, -0.2) is 49.6 Å². The number of hydrogen-bond acceptors (Lipinski definition) is 4. The fourth-order valence-corrected chi connectivity index (χ4v) is 6.59. The maximum absolute atomic E-state index is 12.6. The second-order valence-electron chi connectivity index (χ2n) is 11.7. The quantitative estimate of drug-likeness (QED) is 0.327. The summed E-state index contributed by atoms with van der Waals surface area (Å²) in [4.78, 5) is 6.95. The van der Waals surface area contributed by atoms with E-state index in [9.17, 15) is 4.39 Å². The van der Waals surface area contributed by atoms with Gasteiger partial charge in [0.25, 0.3) is 0 Å². The van der Waals surface area contributed by atoms with Crippen LogP contribution in [0, 0.1) is 13.8 Å². The molecule has 2 aliphatic heterocycles. The number of nitrogens with two attached hydrogens (primary N) is 1. The SMILES string of the molecule is Cc1ccc(C2=C(c3ccc(OC4CCN(CCCF)C4)cc3)c3ccc(C4=NCC(N)=C4)cc3CCC2)c(C)c1. The number of benzene rings is 3. The van der Waals surface area contributed by atoms with Crippen LogP contribution in [0.5, 0.6) is 5.75 Å². The Bertz CT molecular complexity index is 1520. The van der Waals surface area contributed by atoms with Crippen molar-refractivity contribution in [3.8, 4) is 5.75 Å². The number of aliphatic imine (C=N–C) groups is 1. The molecular weight excluding hydrogens is 509 g/mol. The van der Waals surface area contributed by atoms with Gasteiger partial charge in [-0.1, -0.05) is 48.0 Å². The zero-order valence-corrected chi connectivity index (χ0v) is 24.3. The van der Waals surface area contributed by atoms with Crippen LogP contribution < -0.4 is 10.5 Å². The van der Waals surface area contributed by atoms with Crippen LogP contribution in [0.15, 0.2) is 77.4 Å². The average Bonchev–Trinajstić information content (AvgIpc) is 3.56. The minimum atomic E-state index is -0.256. The number of rotatable bonds is 8. The Morgan fingerprint density at radius 1 is 0.976 bits per heavy atom. The lowest BCUT2D eigenvalue weighted by molar-refractivity contribution is 0.198. The first-order chi connectivity index (χ1) is 20.0. The molecule has 0 amide bonds. The highest BCUT2D eigenvalue weighted by molar-refractivity contribution is 6.11. The van der Waals surface area contributed by atoms with E-state index in [4.69, 9.17) is 10.5 Å². The summed E-state index contributed by atoms with van der Waals surface area (Å²) in [5.41, 5.74) is 19.5. The lowest BCUT2D eigenvalue weighted by Crippen LogP contribution is -2.26.